The third-order valence-corrected chi connectivity index (χ3v) is 1.44. The van der Waals surface area contributed by atoms with E-state index in [-0.39, 0.29) is 0 Å². The SMILES string of the molecule is C=C/C=C\N(C(=C)C)C(C=C)=NC. The van der Waals surface area contributed by atoms with Crippen molar-refractivity contribution in [2.24, 2.45) is 4.99 Å². The highest BCUT2D eigenvalue weighted by Gasteiger charge is 2.02. The normalized spacial score (nSPS) is 11.4. The van der Waals surface area contributed by atoms with Crippen molar-refractivity contribution in [1.29, 1.82) is 0 Å². The van der Waals surface area contributed by atoms with Gasteiger partial charge in [0.05, 0.1) is 0 Å². The molecule has 0 atom stereocenters. The second-order valence-electron chi connectivity index (χ2n) is 2.47. The molecule has 0 unspecified atom stereocenters. The molecule has 0 amide bonds. The highest BCUT2D eigenvalue weighted by molar-refractivity contribution is 5.94. The summed E-state index contributed by atoms with van der Waals surface area (Å²) < 4.78 is 0. The van der Waals surface area contributed by atoms with Crippen LogP contribution in [0.25, 0.3) is 0 Å². The van der Waals surface area contributed by atoms with E-state index in [1.54, 1.807) is 19.2 Å². The van der Waals surface area contributed by atoms with Crippen LogP contribution in [0.15, 0.2) is 54.9 Å². The fraction of sp³-hybridized carbons (Fsp3) is 0.182. The monoisotopic (exact) mass is 176 g/mol. The van der Waals surface area contributed by atoms with Crippen molar-refractivity contribution in [2.45, 2.75) is 6.92 Å². The first-order chi connectivity index (χ1) is 6.17. The Bertz CT molecular complexity index is 259. The summed E-state index contributed by atoms with van der Waals surface area (Å²) in [6, 6.07) is 0. The second-order valence-corrected chi connectivity index (χ2v) is 2.47. The van der Waals surface area contributed by atoms with Gasteiger partial charge in [0, 0.05) is 18.9 Å². The minimum Gasteiger partial charge on any atom is -0.307 e. The maximum atomic E-state index is 4.06. The quantitative estimate of drug-likeness (QED) is 0.365. The molecule has 0 aliphatic heterocycles. The molecule has 0 aromatic carbocycles. The van der Waals surface area contributed by atoms with E-state index in [0.717, 1.165) is 11.5 Å². The highest BCUT2D eigenvalue weighted by atomic mass is 15.2. The van der Waals surface area contributed by atoms with Gasteiger partial charge in [-0.1, -0.05) is 25.8 Å². The molecule has 0 aliphatic carbocycles. The molecular formula is C11H16N2. The van der Waals surface area contributed by atoms with Gasteiger partial charge >= 0.3 is 0 Å². The summed E-state index contributed by atoms with van der Waals surface area (Å²) in [5, 5.41) is 0. The number of aliphatic imine (C=N–C) groups is 1. The largest absolute Gasteiger partial charge is 0.307 e. The predicted molar refractivity (Wildman–Crippen MR) is 59.5 cm³/mol. The van der Waals surface area contributed by atoms with Crippen LogP contribution >= 0.6 is 0 Å². The minimum atomic E-state index is 0.769. The van der Waals surface area contributed by atoms with Crippen LogP contribution in [0.4, 0.5) is 0 Å². The predicted octanol–water partition coefficient (Wildman–Crippen LogP) is 2.74. The van der Waals surface area contributed by atoms with Crippen LogP contribution in [0, 0.1) is 0 Å². The van der Waals surface area contributed by atoms with Crippen LogP contribution in [0.5, 0.6) is 0 Å². The second kappa shape index (κ2) is 6.00. The lowest BCUT2D eigenvalue weighted by atomic mass is 10.4. The fourth-order valence-electron chi connectivity index (χ4n) is 0.843. The number of allylic oxidation sites excluding steroid dienone is 3. The molecule has 0 aliphatic rings. The van der Waals surface area contributed by atoms with Gasteiger partial charge in [0.2, 0.25) is 0 Å². The fourth-order valence-corrected chi connectivity index (χ4v) is 0.843. The molecule has 0 aromatic heterocycles. The maximum absolute atomic E-state index is 4.06. The summed E-state index contributed by atoms with van der Waals surface area (Å²) in [5.41, 5.74) is 0.888. The van der Waals surface area contributed by atoms with Crippen molar-refractivity contribution in [1.82, 2.24) is 4.90 Å². The molecule has 0 spiro atoms. The average Bonchev–Trinajstić information content (AvgIpc) is 2.11. The first kappa shape index (κ1) is 11.4. The first-order valence-corrected chi connectivity index (χ1v) is 4.00. The van der Waals surface area contributed by atoms with E-state index in [0.29, 0.717) is 0 Å². The Labute approximate surface area is 80.3 Å². The third-order valence-electron chi connectivity index (χ3n) is 1.44. The molecule has 13 heavy (non-hydrogen) atoms. The number of hydrogen-bond donors (Lipinski definition) is 0. The molecule has 0 radical (unpaired) electrons. The molecule has 70 valence electrons. The molecule has 0 bridgehead atoms. The van der Waals surface area contributed by atoms with Crippen LogP contribution in [0.3, 0.4) is 0 Å². The molecule has 2 heteroatoms. The van der Waals surface area contributed by atoms with Crippen molar-refractivity contribution < 1.29 is 0 Å². The lowest BCUT2D eigenvalue weighted by molar-refractivity contribution is 0.695. The smallest absolute Gasteiger partial charge is 0.130 e. The van der Waals surface area contributed by atoms with Crippen molar-refractivity contribution >= 4 is 5.84 Å². The number of rotatable bonds is 4. The summed E-state index contributed by atoms with van der Waals surface area (Å²) in [6.45, 7) is 13.0. The summed E-state index contributed by atoms with van der Waals surface area (Å²) >= 11 is 0. The highest BCUT2D eigenvalue weighted by Crippen LogP contribution is 2.04. The Morgan fingerprint density at radius 3 is 2.31 bits per heavy atom. The van der Waals surface area contributed by atoms with Crippen molar-refractivity contribution in [3.05, 3.63) is 49.9 Å². The van der Waals surface area contributed by atoms with E-state index >= 15 is 0 Å². The Balaban J connectivity index is 4.79. The Morgan fingerprint density at radius 2 is 2.00 bits per heavy atom. The molecule has 0 heterocycles. The molecule has 0 N–H and O–H groups in total. The van der Waals surface area contributed by atoms with Crippen LogP contribution in [-0.2, 0) is 0 Å². The van der Waals surface area contributed by atoms with E-state index < -0.39 is 0 Å². The molecule has 2 nitrogen and oxygen atoms in total. The molecular weight excluding hydrogens is 160 g/mol. The summed E-state index contributed by atoms with van der Waals surface area (Å²) in [4.78, 5) is 5.90. The Morgan fingerprint density at radius 1 is 1.38 bits per heavy atom. The van der Waals surface area contributed by atoms with Crippen LogP contribution in [-0.4, -0.2) is 17.8 Å². The summed E-state index contributed by atoms with van der Waals surface area (Å²) in [6.07, 6.45) is 7.05. The third kappa shape index (κ3) is 3.56. The lowest BCUT2D eigenvalue weighted by Crippen LogP contribution is -2.21. The Hall–Kier alpha value is -1.57. The van der Waals surface area contributed by atoms with E-state index in [4.69, 9.17) is 0 Å². The van der Waals surface area contributed by atoms with Gasteiger partial charge < -0.3 is 4.90 Å². The summed E-state index contributed by atoms with van der Waals surface area (Å²) in [5.74, 6) is 0.769. The van der Waals surface area contributed by atoms with E-state index in [2.05, 4.69) is 24.7 Å². The Kier molecular flexibility index (Phi) is 5.28. The minimum absolute atomic E-state index is 0.769. The van der Waals surface area contributed by atoms with E-state index in [1.807, 2.05) is 24.1 Å². The van der Waals surface area contributed by atoms with Crippen LogP contribution in [0.1, 0.15) is 6.92 Å². The topological polar surface area (TPSA) is 15.6 Å². The molecule has 0 fully saturated rings. The van der Waals surface area contributed by atoms with Gasteiger partial charge in [-0.25, -0.2) is 0 Å². The van der Waals surface area contributed by atoms with Crippen molar-refractivity contribution in [3.63, 3.8) is 0 Å². The zero-order chi connectivity index (χ0) is 10.3. The van der Waals surface area contributed by atoms with Gasteiger partial charge in [-0.3, -0.25) is 4.99 Å². The van der Waals surface area contributed by atoms with Gasteiger partial charge in [-0.05, 0) is 19.1 Å². The van der Waals surface area contributed by atoms with Crippen LogP contribution < -0.4 is 0 Å². The maximum Gasteiger partial charge on any atom is 0.130 e. The molecule has 0 saturated carbocycles. The van der Waals surface area contributed by atoms with Gasteiger partial charge in [-0.2, -0.15) is 0 Å². The van der Waals surface area contributed by atoms with Crippen molar-refractivity contribution in [3.8, 4) is 0 Å². The van der Waals surface area contributed by atoms with Crippen LogP contribution in [0.2, 0.25) is 0 Å². The molecule has 0 saturated heterocycles. The van der Waals surface area contributed by atoms with Gasteiger partial charge in [0.25, 0.3) is 0 Å². The molecule has 0 aromatic rings. The average molecular weight is 176 g/mol. The lowest BCUT2D eigenvalue weighted by Gasteiger charge is -2.19. The number of hydrogen-bond acceptors (Lipinski definition) is 1. The standard InChI is InChI=1S/C11H16N2/c1-6-8-9-13(10(3)4)11(7-2)12-5/h6-9H,1-3H2,4-5H3/b9-8-,12-11?. The number of nitrogens with zero attached hydrogens (tertiary/aromatic N) is 2. The zero-order valence-electron chi connectivity index (χ0n) is 8.33. The zero-order valence-corrected chi connectivity index (χ0v) is 8.33. The van der Waals surface area contributed by atoms with Crippen molar-refractivity contribution in [2.75, 3.05) is 7.05 Å². The van der Waals surface area contributed by atoms with Gasteiger partial charge in [0.15, 0.2) is 0 Å². The van der Waals surface area contributed by atoms with E-state index in [9.17, 15) is 0 Å². The first-order valence-electron chi connectivity index (χ1n) is 4.00. The summed E-state index contributed by atoms with van der Waals surface area (Å²) in [7, 11) is 1.72. The molecule has 0 rings (SSSR count). The number of amidine groups is 1. The van der Waals surface area contributed by atoms with Gasteiger partial charge in [-0.15, -0.1) is 0 Å². The van der Waals surface area contributed by atoms with Gasteiger partial charge in [0.1, 0.15) is 5.84 Å². The van der Waals surface area contributed by atoms with E-state index in [1.165, 1.54) is 0 Å².